The second-order valence-corrected chi connectivity index (χ2v) is 5.99. The van der Waals surface area contributed by atoms with Crippen LogP contribution < -0.4 is 5.32 Å². The minimum atomic E-state index is -0.506. The summed E-state index contributed by atoms with van der Waals surface area (Å²) in [7, 11) is 0. The van der Waals surface area contributed by atoms with Gasteiger partial charge >= 0.3 is 0 Å². The molecule has 2 atom stereocenters. The van der Waals surface area contributed by atoms with E-state index < -0.39 is 5.82 Å². The number of carbonyl (C=O) groups is 1. The first-order chi connectivity index (χ1) is 9.16. The standard InChI is InChI=1S/C14H15BrFNO2/c15-9-2-1-3-10(16)12(9)14(18)17-11-6-7-19-13(11)8-4-5-8/h1-3,8,11,13H,4-7H2,(H,17,18). The summed E-state index contributed by atoms with van der Waals surface area (Å²) in [5, 5.41) is 2.91. The van der Waals surface area contributed by atoms with E-state index in [9.17, 15) is 9.18 Å². The Balaban J connectivity index is 1.74. The number of amides is 1. The van der Waals surface area contributed by atoms with Crippen molar-refractivity contribution in [3.05, 3.63) is 34.1 Å². The molecule has 1 aliphatic heterocycles. The minimum absolute atomic E-state index is 0.00602. The topological polar surface area (TPSA) is 38.3 Å². The van der Waals surface area contributed by atoms with Crippen LogP contribution in [0.25, 0.3) is 0 Å². The predicted octanol–water partition coefficient (Wildman–Crippen LogP) is 2.89. The molecule has 1 aromatic carbocycles. The van der Waals surface area contributed by atoms with Crippen molar-refractivity contribution in [3.8, 4) is 0 Å². The largest absolute Gasteiger partial charge is 0.376 e. The van der Waals surface area contributed by atoms with Gasteiger partial charge < -0.3 is 10.1 Å². The number of hydrogen-bond acceptors (Lipinski definition) is 2. The quantitative estimate of drug-likeness (QED) is 0.927. The fraction of sp³-hybridized carbons (Fsp3) is 0.500. The van der Waals surface area contributed by atoms with E-state index in [4.69, 9.17) is 4.74 Å². The van der Waals surface area contributed by atoms with Crippen LogP contribution >= 0.6 is 15.9 Å². The molecule has 1 saturated heterocycles. The second kappa shape index (κ2) is 5.21. The number of halogens is 2. The van der Waals surface area contributed by atoms with Crippen LogP contribution in [0.15, 0.2) is 22.7 Å². The van der Waals surface area contributed by atoms with E-state index in [1.54, 1.807) is 12.1 Å². The van der Waals surface area contributed by atoms with Gasteiger partial charge in [0.25, 0.3) is 5.91 Å². The van der Waals surface area contributed by atoms with Crippen LogP contribution in [-0.2, 0) is 4.74 Å². The maximum absolute atomic E-state index is 13.7. The Bertz CT molecular complexity index is 484. The third kappa shape index (κ3) is 2.67. The zero-order chi connectivity index (χ0) is 13.4. The van der Waals surface area contributed by atoms with Crippen LogP contribution in [0.4, 0.5) is 4.39 Å². The number of nitrogens with one attached hydrogen (secondary N) is 1. The van der Waals surface area contributed by atoms with Crippen LogP contribution in [0.5, 0.6) is 0 Å². The Morgan fingerprint density at radius 2 is 2.16 bits per heavy atom. The second-order valence-electron chi connectivity index (χ2n) is 5.14. The van der Waals surface area contributed by atoms with E-state index in [1.807, 2.05) is 0 Å². The molecule has 1 amide bonds. The van der Waals surface area contributed by atoms with Crippen LogP contribution in [0.1, 0.15) is 29.6 Å². The zero-order valence-corrected chi connectivity index (χ0v) is 12.0. The highest BCUT2D eigenvalue weighted by Gasteiger charge is 2.41. The van der Waals surface area contributed by atoms with Gasteiger partial charge in [0.2, 0.25) is 0 Å². The Kier molecular flexibility index (Phi) is 3.58. The molecule has 2 fully saturated rings. The first-order valence-corrected chi connectivity index (χ1v) is 7.32. The molecule has 0 bridgehead atoms. The van der Waals surface area contributed by atoms with Gasteiger partial charge in [-0.3, -0.25) is 4.79 Å². The van der Waals surface area contributed by atoms with E-state index >= 15 is 0 Å². The Labute approximate surface area is 119 Å². The molecule has 3 nitrogen and oxygen atoms in total. The highest BCUT2D eigenvalue weighted by molar-refractivity contribution is 9.10. The summed E-state index contributed by atoms with van der Waals surface area (Å²) in [5.41, 5.74) is 0.0731. The molecule has 1 heterocycles. The lowest BCUT2D eigenvalue weighted by atomic mass is 10.1. The number of hydrogen-bond donors (Lipinski definition) is 1. The maximum atomic E-state index is 13.7. The lowest BCUT2D eigenvalue weighted by molar-refractivity contribution is 0.0727. The van der Waals surface area contributed by atoms with Gasteiger partial charge in [-0.15, -0.1) is 0 Å². The van der Waals surface area contributed by atoms with Crippen LogP contribution in [0.3, 0.4) is 0 Å². The van der Waals surface area contributed by atoms with E-state index in [-0.39, 0.29) is 23.6 Å². The van der Waals surface area contributed by atoms with E-state index in [0.29, 0.717) is 17.0 Å². The molecular weight excluding hydrogens is 313 g/mol. The van der Waals surface area contributed by atoms with Crippen LogP contribution in [-0.4, -0.2) is 24.7 Å². The van der Waals surface area contributed by atoms with Crippen molar-refractivity contribution in [2.24, 2.45) is 5.92 Å². The first-order valence-electron chi connectivity index (χ1n) is 6.53. The van der Waals surface area contributed by atoms with Crippen LogP contribution in [0.2, 0.25) is 0 Å². The van der Waals surface area contributed by atoms with Crippen molar-refractivity contribution in [2.75, 3.05) is 6.61 Å². The van der Waals surface area contributed by atoms with E-state index in [0.717, 1.165) is 6.42 Å². The average molecular weight is 328 g/mol. The summed E-state index contributed by atoms with van der Waals surface area (Å²) in [6.07, 6.45) is 3.24. The smallest absolute Gasteiger partial charge is 0.255 e. The van der Waals surface area contributed by atoms with Crippen molar-refractivity contribution in [2.45, 2.75) is 31.4 Å². The van der Waals surface area contributed by atoms with E-state index in [1.165, 1.54) is 18.9 Å². The van der Waals surface area contributed by atoms with Gasteiger partial charge in [0.1, 0.15) is 5.82 Å². The molecule has 1 saturated carbocycles. The molecule has 0 radical (unpaired) electrons. The number of ether oxygens (including phenoxy) is 1. The monoisotopic (exact) mass is 327 g/mol. The first kappa shape index (κ1) is 13.1. The lowest BCUT2D eigenvalue weighted by Crippen LogP contribution is -2.41. The highest BCUT2D eigenvalue weighted by atomic mass is 79.9. The van der Waals surface area contributed by atoms with Crippen LogP contribution in [0, 0.1) is 11.7 Å². The fourth-order valence-electron chi connectivity index (χ4n) is 2.61. The van der Waals surface area contributed by atoms with Gasteiger partial charge in [0.05, 0.1) is 17.7 Å². The molecule has 5 heteroatoms. The molecule has 2 unspecified atom stereocenters. The van der Waals surface area contributed by atoms with Gasteiger partial charge in [0.15, 0.2) is 0 Å². The maximum Gasteiger partial charge on any atom is 0.255 e. The molecule has 1 aliphatic carbocycles. The Morgan fingerprint density at radius 3 is 2.84 bits per heavy atom. The molecular formula is C14H15BrFNO2. The summed E-state index contributed by atoms with van der Waals surface area (Å²) >= 11 is 3.22. The summed E-state index contributed by atoms with van der Waals surface area (Å²) in [6, 6.07) is 4.54. The zero-order valence-electron chi connectivity index (χ0n) is 10.4. The van der Waals surface area contributed by atoms with Crippen molar-refractivity contribution in [1.29, 1.82) is 0 Å². The summed E-state index contributed by atoms with van der Waals surface area (Å²) < 4.78 is 19.9. The fourth-order valence-corrected chi connectivity index (χ4v) is 3.13. The van der Waals surface area contributed by atoms with Crippen molar-refractivity contribution in [1.82, 2.24) is 5.32 Å². The SMILES string of the molecule is O=C(NC1CCOC1C1CC1)c1c(F)cccc1Br. The summed E-state index contributed by atoms with van der Waals surface area (Å²) in [4.78, 5) is 12.2. The Morgan fingerprint density at radius 1 is 1.37 bits per heavy atom. The Hall–Kier alpha value is -0.940. The molecule has 2 aliphatic rings. The van der Waals surface area contributed by atoms with Crippen molar-refractivity contribution >= 4 is 21.8 Å². The van der Waals surface area contributed by atoms with Gasteiger partial charge in [-0.25, -0.2) is 4.39 Å². The van der Waals surface area contributed by atoms with E-state index in [2.05, 4.69) is 21.2 Å². The predicted molar refractivity (Wildman–Crippen MR) is 72.4 cm³/mol. The molecule has 102 valence electrons. The average Bonchev–Trinajstić information content (AvgIpc) is 3.10. The third-order valence-electron chi connectivity index (χ3n) is 3.73. The number of rotatable bonds is 3. The molecule has 0 aromatic heterocycles. The lowest BCUT2D eigenvalue weighted by Gasteiger charge is -2.20. The number of carbonyl (C=O) groups excluding carboxylic acids is 1. The third-order valence-corrected chi connectivity index (χ3v) is 4.39. The van der Waals surface area contributed by atoms with Gasteiger partial charge in [-0.1, -0.05) is 6.07 Å². The van der Waals surface area contributed by atoms with Gasteiger partial charge in [0, 0.05) is 11.1 Å². The molecule has 1 aromatic rings. The minimum Gasteiger partial charge on any atom is -0.376 e. The van der Waals surface area contributed by atoms with Gasteiger partial charge in [-0.2, -0.15) is 0 Å². The van der Waals surface area contributed by atoms with Crippen molar-refractivity contribution in [3.63, 3.8) is 0 Å². The van der Waals surface area contributed by atoms with Gasteiger partial charge in [-0.05, 0) is 53.2 Å². The molecule has 0 spiro atoms. The summed E-state index contributed by atoms with van der Waals surface area (Å²) in [5.74, 6) is -0.309. The molecule has 3 rings (SSSR count). The number of benzene rings is 1. The van der Waals surface area contributed by atoms with Crippen molar-refractivity contribution < 1.29 is 13.9 Å². The molecule has 1 N–H and O–H groups in total. The summed E-state index contributed by atoms with van der Waals surface area (Å²) in [6.45, 7) is 0.671. The molecule has 19 heavy (non-hydrogen) atoms. The highest BCUT2D eigenvalue weighted by Crippen LogP contribution is 2.38. The normalized spacial score (nSPS) is 26.4.